The lowest BCUT2D eigenvalue weighted by molar-refractivity contribution is -0.152. The molecule has 1 saturated heterocycles. The van der Waals surface area contributed by atoms with Gasteiger partial charge in [0.2, 0.25) is 5.91 Å². The van der Waals surface area contributed by atoms with Crippen molar-refractivity contribution in [3.63, 3.8) is 0 Å². The molecule has 5 heteroatoms. The summed E-state index contributed by atoms with van der Waals surface area (Å²) in [7, 11) is 1.32. The van der Waals surface area contributed by atoms with Crippen molar-refractivity contribution in [2.24, 2.45) is 5.41 Å². The Balaban J connectivity index is 1.81. The quantitative estimate of drug-likeness (QED) is 0.551. The summed E-state index contributed by atoms with van der Waals surface area (Å²) >= 11 is 0. The summed E-state index contributed by atoms with van der Waals surface area (Å²) in [6, 6.07) is 0. The molecule has 0 aromatic heterocycles. The van der Waals surface area contributed by atoms with Crippen LogP contribution in [0.5, 0.6) is 0 Å². The summed E-state index contributed by atoms with van der Waals surface area (Å²) < 4.78 is 10.0. The first kappa shape index (κ1) is 11.4. The van der Waals surface area contributed by atoms with Gasteiger partial charge in [0.05, 0.1) is 13.2 Å². The molecule has 1 aliphatic carbocycles. The minimum Gasteiger partial charge on any atom is -0.468 e. The third-order valence-corrected chi connectivity index (χ3v) is 3.28. The molecule has 0 aromatic carbocycles. The highest BCUT2D eigenvalue weighted by molar-refractivity contribution is 6.05. The van der Waals surface area contributed by atoms with E-state index in [1.165, 1.54) is 7.11 Å². The van der Waals surface area contributed by atoms with Crippen LogP contribution in [0.25, 0.3) is 0 Å². The van der Waals surface area contributed by atoms with Gasteiger partial charge in [-0.25, -0.2) is 0 Å². The number of methoxy groups -OCH3 is 1. The first-order valence-corrected chi connectivity index (χ1v) is 5.67. The number of amides is 1. The molecule has 0 radical (unpaired) electrons. The average Bonchev–Trinajstić information content (AvgIpc) is 2.95. The molecule has 90 valence electrons. The lowest BCUT2D eigenvalue weighted by atomic mass is 10.1. The number of ether oxygens (including phenoxy) is 2. The van der Waals surface area contributed by atoms with Crippen LogP contribution >= 0.6 is 0 Å². The van der Waals surface area contributed by atoms with E-state index in [2.05, 4.69) is 10.1 Å². The van der Waals surface area contributed by atoms with Gasteiger partial charge in [-0.2, -0.15) is 0 Å². The van der Waals surface area contributed by atoms with Crippen molar-refractivity contribution in [2.45, 2.75) is 31.8 Å². The van der Waals surface area contributed by atoms with Crippen LogP contribution < -0.4 is 5.32 Å². The van der Waals surface area contributed by atoms with E-state index >= 15 is 0 Å². The first-order chi connectivity index (χ1) is 7.69. The number of hydrogen-bond acceptors (Lipinski definition) is 4. The zero-order valence-electron chi connectivity index (χ0n) is 9.45. The normalized spacial score (nSPS) is 26.2. The Labute approximate surface area is 94.5 Å². The zero-order valence-corrected chi connectivity index (χ0v) is 9.45. The van der Waals surface area contributed by atoms with Crippen molar-refractivity contribution < 1.29 is 19.1 Å². The van der Waals surface area contributed by atoms with E-state index in [1.807, 2.05) is 0 Å². The summed E-state index contributed by atoms with van der Waals surface area (Å²) in [5.74, 6) is -0.632. The van der Waals surface area contributed by atoms with Gasteiger partial charge in [0, 0.05) is 13.2 Å². The van der Waals surface area contributed by atoms with E-state index in [4.69, 9.17) is 4.74 Å². The Bertz CT molecular complexity index is 292. The molecule has 0 spiro atoms. The fourth-order valence-corrected chi connectivity index (χ4v) is 2.03. The maximum Gasteiger partial charge on any atom is 0.321 e. The highest BCUT2D eigenvalue weighted by Crippen LogP contribution is 2.46. The predicted octanol–water partition coefficient (Wildman–Crippen LogP) is 0.235. The fourth-order valence-electron chi connectivity index (χ4n) is 2.03. The Morgan fingerprint density at radius 1 is 1.50 bits per heavy atom. The van der Waals surface area contributed by atoms with Gasteiger partial charge in [0.1, 0.15) is 5.41 Å². The SMILES string of the molecule is COC(=O)C1(C(=O)NCC2CCCO2)CC1. The summed E-state index contributed by atoms with van der Waals surface area (Å²) in [5, 5.41) is 2.78. The van der Waals surface area contributed by atoms with Crippen molar-refractivity contribution in [1.29, 1.82) is 0 Å². The van der Waals surface area contributed by atoms with Crippen LogP contribution in [0.4, 0.5) is 0 Å². The predicted molar refractivity (Wildman–Crippen MR) is 55.7 cm³/mol. The molecule has 1 N–H and O–H groups in total. The van der Waals surface area contributed by atoms with Gasteiger partial charge in [-0.15, -0.1) is 0 Å². The molecular formula is C11H17NO4. The molecule has 0 bridgehead atoms. The molecule has 5 nitrogen and oxygen atoms in total. The van der Waals surface area contributed by atoms with Crippen molar-refractivity contribution in [1.82, 2.24) is 5.32 Å². The van der Waals surface area contributed by atoms with Crippen molar-refractivity contribution >= 4 is 11.9 Å². The highest BCUT2D eigenvalue weighted by Gasteiger charge is 2.57. The molecule has 16 heavy (non-hydrogen) atoms. The van der Waals surface area contributed by atoms with Gasteiger partial charge in [-0.05, 0) is 25.7 Å². The summed E-state index contributed by atoms with van der Waals surface area (Å²) in [6.45, 7) is 1.26. The number of nitrogens with one attached hydrogen (secondary N) is 1. The number of esters is 1. The molecule has 2 aliphatic rings. The zero-order chi connectivity index (χ0) is 11.6. The summed E-state index contributed by atoms with van der Waals surface area (Å²) in [5.41, 5.74) is -0.895. The maximum atomic E-state index is 11.8. The van der Waals surface area contributed by atoms with Gasteiger partial charge in [0.25, 0.3) is 0 Å². The maximum absolute atomic E-state index is 11.8. The van der Waals surface area contributed by atoms with E-state index in [0.29, 0.717) is 19.4 Å². The molecule has 1 aliphatic heterocycles. The van der Waals surface area contributed by atoms with Gasteiger partial charge >= 0.3 is 5.97 Å². The molecule has 1 atom stereocenters. The number of rotatable bonds is 4. The van der Waals surface area contributed by atoms with Gasteiger partial charge in [-0.1, -0.05) is 0 Å². The topological polar surface area (TPSA) is 64.6 Å². The summed E-state index contributed by atoms with van der Waals surface area (Å²) in [4.78, 5) is 23.2. The van der Waals surface area contributed by atoms with Crippen LogP contribution in [0.15, 0.2) is 0 Å². The number of carbonyl (C=O) groups is 2. The third kappa shape index (κ3) is 2.04. The van der Waals surface area contributed by atoms with Crippen molar-refractivity contribution in [3.05, 3.63) is 0 Å². The second kappa shape index (κ2) is 4.41. The minimum absolute atomic E-state index is 0.109. The Morgan fingerprint density at radius 3 is 2.75 bits per heavy atom. The van der Waals surface area contributed by atoms with Crippen LogP contribution in [-0.4, -0.2) is 38.2 Å². The van der Waals surface area contributed by atoms with E-state index < -0.39 is 11.4 Å². The number of carbonyl (C=O) groups excluding carboxylic acids is 2. The molecule has 1 saturated carbocycles. The smallest absolute Gasteiger partial charge is 0.321 e. The first-order valence-electron chi connectivity index (χ1n) is 5.67. The largest absolute Gasteiger partial charge is 0.468 e. The minimum atomic E-state index is -0.895. The molecule has 2 fully saturated rings. The van der Waals surface area contributed by atoms with E-state index in [1.54, 1.807) is 0 Å². The van der Waals surface area contributed by atoms with Crippen molar-refractivity contribution in [2.75, 3.05) is 20.3 Å². The molecule has 2 rings (SSSR count). The van der Waals surface area contributed by atoms with Gasteiger partial charge in [-0.3, -0.25) is 9.59 Å². The standard InChI is InChI=1S/C11H17NO4/c1-15-10(14)11(4-5-11)9(13)12-7-8-3-2-6-16-8/h8H,2-7H2,1H3,(H,12,13). The molecular weight excluding hydrogens is 210 g/mol. The highest BCUT2D eigenvalue weighted by atomic mass is 16.5. The van der Waals surface area contributed by atoms with Crippen LogP contribution in [0.3, 0.4) is 0 Å². The van der Waals surface area contributed by atoms with Gasteiger partial charge in [0.15, 0.2) is 0 Å². The van der Waals surface area contributed by atoms with Crippen LogP contribution in [-0.2, 0) is 19.1 Å². The lowest BCUT2D eigenvalue weighted by Gasteiger charge is -2.15. The van der Waals surface area contributed by atoms with Crippen LogP contribution in [0.2, 0.25) is 0 Å². The third-order valence-electron chi connectivity index (χ3n) is 3.28. The molecule has 1 heterocycles. The van der Waals surface area contributed by atoms with Crippen molar-refractivity contribution in [3.8, 4) is 0 Å². The lowest BCUT2D eigenvalue weighted by Crippen LogP contribution is -2.41. The second-order valence-electron chi connectivity index (χ2n) is 4.42. The van der Waals surface area contributed by atoms with Crippen LogP contribution in [0, 0.1) is 5.41 Å². The monoisotopic (exact) mass is 227 g/mol. The fraction of sp³-hybridized carbons (Fsp3) is 0.818. The second-order valence-corrected chi connectivity index (χ2v) is 4.42. The Morgan fingerprint density at radius 2 is 2.25 bits per heavy atom. The Kier molecular flexibility index (Phi) is 3.14. The van der Waals surface area contributed by atoms with E-state index in [0.717, 1.165) is 19.4 Å². The van der Waals surface area contributed by atoms with E-state index in [9.17, 15) is 9.59 Å². The van der Waals surface area contributed by atoms with Crippen LogP contribution in [0.1, 0.15) is 25.7 Å². The Hall–Kier alpha value is -1.10. The molecule has 1 unspecified atom stereocenters. The summed E-state index contributed by atoms with van der Waals surface area (Å²) in [6.07, 6.45) is 3.32. The molecule has 1 amide bonds. The van der Waals surface area contributed by atoms with Gasteiger partial charge < -0.3 is 14.8 Å². The molecule has 0 aromatic rings. The number of hydrogen-bond donors (Lipinski definition) is 1. The van der Waals surface area contributed by atoms with E-state index in [-0.39, 0.29) is 12.0 Å². The average molecular weight is 227 g/mol.